The average Bonchev–Trinajstić information content (AvgIpc) is 3.26. The number of alkyl halides is 3. The summed E-state index contributed by atoms with van der Waals surface area (Å²) in [5.74, 6) is -1.52. The van der Waals surface area contributed by atoms with Crippen LogP contribution in [0, 0.1) is 0 Å². The molecule has 3 rings (SSSR count). The number of ether oxygens (including phenoxy) is 2. The second-order valence-electron chi connectivity index (χ2n) is 10.0. The fraction of sp³-hybridized carbons (Fsp3) is 0.423. The second-order valence-corrected chi connectivity index (χ2v) is 16.8. The zero-order chi connectivity index (χ0) is 28.8. The molecule has 1 saturated heterocycles. The van der Waals surface area contributed by atoms with Crippen molar-refractivity contribution in [3.63, 3.8) is 0 Å². The fourth-order valence-corrected chi connectivity index (χ4v) is 9.21. The first-order valence-electron chi connectivity index (χ1n) is 12.2. The van der Waals surface area contributed by atoms with E-state index in [0.717, 1.165) is 15.4 Å². The number of nitrogens with zero attached hydrogens (tertiary/aromatic N) is 1. The lowest BCUT2D eigenvalue weighted by molar-refractivity contribution is -0.153. The monoisotopic (exact) mass is 616 g/mol. The Morgan fingerprint density at radius 3 is 2.03 bits per heavy atom. The molecule has 2 amide bonds. The topological polar surface area (TPSA) is 114 Å². The van der Waals surface area contributed by atoms with Crippen LogP contribution in [0.1, 0.15) is 27.2 Å². The molecule has 9 nitrogen and oxygen atoms in total. The van der Waals surface area contributed by atoms with Gasteiger partial charge >= 0.3 is 12.1 Å². The number of rotatable bonds is 8. The van der Waals surface area contributed by atoms with Crippen LogP contribution in [0.2, 0.25) is 5.04 Å². The van der Waals surface area contributed by atoms with Crippen LogP contribution in [0.15, 0.2) is 60.7 Å². The van der Waals surface area contributed by atoms with Crippen molar-refractivity contribution in [3.8, 4) is 0 Å². The van der Waals surface area contributed by atoms with E-state index in [1.54, 1.807) is 0 Å². The number of carbonyl (C=O) groups is 3. The van der Waals surface area contributed by atoms with E-state index in [9.17, 15) is 19.5 Å². The molecule has 0 bridgehead atoms. The first-order chi connectivity index (χ1) is 18.3. The number of hydrogen-bond donors (Lipinski definition) is 2. The molecular formula is C26H31Cl3N2O7Si. The van der Waals surface area contributed by atoms with E-state index < -0.39 is 67.1 Å². The Morgan fingerprint density at radius 2 is 1.59 bits per heavy atom. The van der Waals surface area contributed by atoms with E-state index in [4.69, 9.17) is 48.7 Å². The summed E-state index contributed by atoms with van der Waals surface area (Å²) in [6, 6.07) is 18.1. The van der Waals surface area contributed by atoms with E-state index >= 15 is 0 Å². The molecule has 212 valence electrons. The molecule has 0 spiro atoms. The summed E-state index contributed by atoms with van der Waals surface area (Å²) in [6.07, 6.45) is -2.01. The number of benzene rings is 2. The fourth-order valence-electron chi connectivity index (χ4n) is 4.55. The van der Waals surface area contributed by atoms with Crippen molar-refractivity contribution in [2.45, 2.75) is 48.2 Å². The number of carbonyl (C=O) groups excluding carboxylic acids is 3. The highest BCUT2D eigenvalue weighted by atomic mass is 35.6. The van der Waals surface area contributed by atoms with Gasteiger partial charge in [-0.25, -0.2) is 20.0 Å². The van der Waals surface area contributed by atoms with Crippen LogP contribution in [0.5, 0.6) is 0 Å². The Hall–Kier alpha value is -2.34. The van der Waals surface area contributed by atoms with Crippen LogP contribution in [0.4, 0.5) is 4.79 Å². The summed E-state index contributed by atoms with van der Waals surface area (Å²) in [5.41, 5.74) is 2.26. The van der Waals surface area contributed by atoms with Crippen molar-refractivity contribution in [2.24, 2.45) is 0 Å². The van der Waals surface area contributed by atoms with Gasteiger partial charge in [0.25, 0.3) is 14.2 Å². The number of nitrogens with one attached hydrogen (secondary N) is 1. The van der Waals surface area contributed by atoms with E-state index in [1.165, 1.54) is 0 Å². The summed E-state index contributed by atoms with van der Waals surface area (Å²) in [5, 5.41) is 11.7. The lowest BCUT2D eigenvalue weighted by Crippen LogP contribution is -2.67. The van der Waals surface area contributed by atoms with Gasteiger partial charge in [0.2, 0.25) is 3.79 Å². The van der Waals surface area contributed by atoms with Crippen molar-refractivity contribution in [3.05, 3.63) is 60.7 Å². The number of hydrogen-bond acceptors (Lipinski definition) is 7. The number of aliphatic hydroxyl groups excluding tert-OH is 1. The van der Waals surface area contributed by atoms with E-state index in [2.05, 4.69) is 5.43 Å². The third-order valence-corrected chi connectivity index (χ3v) is 11.5. The molecule has 1 fully saturated rings. The molecule has 2 aromatic carbocycles. The summed E-state index contributed by atoms with van der Waals surface area (Å²) in [4.78, 5) is 38.7. The van der Waals surface area contributed by atoms with Gasteiger partial charge in [-0.15, -0.1) is 0 Å². The molecule has 0 aromatic heterocycles. The zero-order valence-corrected chi connectivity index (χ0v) is 25.0. The SMILES string of the molecule is CC(C)(C)[Si](OCC(=O)N(NC(=O)OCC(Cl)(Cl)Cl)[C@@H]1C[C@H](CO)OC1=O)(c1ccccc1)c1ccccc1. The summed E-state index contributed by atoms with van der Waals surface area (Å²) in [6.45, 7) is 4.63. The molecule has 2 aromatic rings. The lowest BCUT2D eigenvalue weighted by Gasteiger charge is -2.43. The van der Waals surface area contributed by atoms with Crippen LogP contribution in [-0.2, 0) is 23.5 Å². The lowest BCUT2D eigenvalue weighted by atomic mass is 10.1. The van der Waals surface area contributed by atoms with Gasteiger partial charge in [-0.2, -0.15) is 0 Å². The van der Waals surface area contributed by atoms with Crippen molar-refractivity contribution in [2.75, 3.05) is 19.8 Å². The first kappa shape index (κ1) is 31.2. The van der Waals surface area contributed by atoms with Gasteiger partial charge in [0.05, 0.1) is 6.61 Å². The molecule has 0 unspecified atom stereocenters. The number of halogens is 3. The quantitative estimate of drug-likeness (QED) is 0.203. The van der Waals surface area contributed by atoms with E-state index in [1.807, 2.05) is 81.4 Å². The third-order valence-electron chi connectivity index (χ3n) is 6.23. The first-order valence-corrected chi connectivity index (χ1v) is 15.2. The predicted octanol–water partition coefficient (Wildman–Crippen LogP) is 3.08. The smallest absolute Gasteiger partial charge is 0.426 e. The summed E-state index contributed by atoms with van der Waals surface area (Å²) < 4.78 is 14.8. The third kappa shape index (κ3) is 7.65. The maximum Gasteiger partial charge on any atom is 0.426 e. The molecule has 1 aliphatic heterocycles. The molecule has 1 heterocycles. The van der Waals surface area contributed by atoms with Gasteiger partial charge in [0.15, 0.2) is 6.04 Å². The van der Waals surface area contributed by atoms with E-state index in [-0.39, 0.29) is 6.42 Å². The van der Waals surface area contributed by atoms with Gasteiger partial charge in [0, 0.05) is 6.42 Å². The molecule has 2 atom stereocenters. The van der Waals surface area contributed by atoms with Crippen molar-refractivity contribution >= 4 is 71.5 Å². The van der Waals surface area contributed by atoms with Crippen LogP contribution in [0.3, 0.4) is 0 Å². The maximum absolute atomic E-state index is 13.6. The number of aliphatic hydroxyl groups is 1. The van der Waals surface area contributed by atoms with Gasteiger partial charge in [-0.1, -0.05) is 116 Å². The Morgan fingerprint density at radius 1 is 1.05 bits per heavy atom. The zero-order valence-electron chi connectivity index (χ0n) is 21.7. The normalized spacial score (nSPS) is 17.9. The summed E-state index contributed by atoms with van der Waals surface area (Å²) >= 11 is 17.0. The number of esters is 1. The summed E-state index contributed by atoms with van der Waals surface area (Å²) in [7, 11) is -3.11. The molecule has 0 saturated carbocycles. The highest BCUT2D eigenvalue weighted by Crippen LogP contribution is 2.37. The standard InChI is InChI=1S/C26H31Cl3N2O7Si/c1-25(2,3)39(19-10-6-4-7-11-19,20-12-8-5-9-13-20)37-16-22(33)31(21-14-18(15-32)38-23(21)34)30-24(35)36-17-26(27,28)29/h4-13,18,21,32H,14-17H2,1-3H3,(H,30,35)/t18-,21-/m1/s1. The molecular weight excluding hydrogens is 587 g/mol. The minimum atomic E-state index is -3.11. The number of hydrazine groups is 1. The Kier molecular flexibility index (Phi) is 10.3. The van der Waals surface area contributed by atoms with Crippen LogP contribution >= 0.6 is 34.8 Å². The molecule has 13 heteroatoms. The number of cyclic esters (lactones) is 1. The van der Waals surface area contributed by atoms with Gasteiger partial charge in [0.1, 0.15) is 19.3 Å². The van der Waals surface area contributed by atoms with E-state index in [0.29, 0.717) is 0 Å². The number of amides is 2. The average molecular weight is 618 g/mol. The Labute approximate surface area is 243 Å². The van der Waals surface area contributed by atoms with Crippen molar-refractivity contribution in [1.29, 1.82) is 0 Å². The molecule has 2 N–H and O–H groups in total. The predicted molar refractivity (Wildman–Crippen MR) is 151 cm³/mol. The Balaban J connectivity index is 1.94. The molecule has 1 aliphatic rings. The van der Waals surface area contributed by atoms with Crippen molar-refractivity contribution < 1.29 is 33.4 Å². The Bertz CT molecular complexity index is 1100. The second kappa shape index (κ2) is 12.9. The minimum absolute atomic E-state index is 0.0506. The van der Waals surface area contributed by atoms with Gasteiger partial charge in [-0.05, 0) is 15.4 Å². The highest BCUT2D eigenvalue weighted by Gasteiger charge is 2.51. The van der Waals surface area contributed by atoms with Crippen molar-refractivity contribution in [1.82, 2.24) is 10.4 Å². The van der Waals surface area contributed by atoms with Gasteiger partial charge in [-0.3, -0.25) is 4.79 Å². The van der Waals surface area contributed by atoms with Crippen LogP contribution in [0.25, 0.3) is 0 Å². The molecule has 39 heavy (non-hydrogen) atoms. The van der Waals surface area contributed by atoms with Gasteiger partial charge < -0.3 is 19.0 Å². The molecule has 0 radical (unpaired) electrons. The largest absolute Gasteiger partial charge is 0.458 e. The highest BCUT2D eigenvalue weighted by molar-refractivity contribution is 6.99. The van der Waals surface area contributed by atoms with Crippen LogP contribution < -0.4 is 15.8 Å². The minimum Gasteiger partial charge on any atom is -0.458 e. The maximum atomic E-state index is 13.6. The molecule has 0 aliphatic carbocycles. The van der Waals surface area contributed by atoms with Crippen LogP contribution in [-0.4, -0.2) is 72.2 Å².